The third kappa shape index (κ3) is 3.47. The molecule has 0 saturated carbocycles. The van der Waals surface area contributed by atoms with E-state index in [1.54, 1.807) is 12.1 Å². The lowest BCUT2D eigenvalue weighted by molar-refractivity contribution is 0.0238. The number of nitrogens with two attached hydrogens (primary N) is 1. The Balaban J connectivity index is 1.97. The highest BCUT2D eigenvalue weighted by molar-refractivity contribution is 5.96. The Morgan fingerprint density at radius 1 is 1.42 bits per heavy atom. The van der Waals surface area contributed by atoms with E-state index >= 15 is 0 Å². The molecule has 0 spiro atoms. The van der Waals surface area contributed by atoms with E-state index in [0.717, 1.165) is 31.6 Å². The molecule has 1 aliphatic rings. The maximum absolute atomic E-state index is 12.2. The summed E-state index contributed by atoms with van der Waals surface area (Å²) in [7, 11) is 0. The number of nitrogen functional groups attached to an aromatic ring is 1. The van der Waals surface area contributed by atoms with Crippen molar-refractivity contribution < 1.29 is 9.53 Å². The Morgan fingerprint density at radius 3 is 2.74 bits per heavy atom. The summed E-state index contributed by atoms with van der Waals surface area (Å²) in [5.41, 5.74) is 8.14. The van der Waals surface area contributed by atoms with Gasteiger partial charge in [-0.25, -0.2) is 0 Å². The normalized spacial score (nSPS) is 18.0. The van der Waals surface area contributed by atoms with Gasteiger partial charge in [-0.3, -0.25) is 4.79 Å². The van der Waals surface area contributed by atoms with E-state index < -0.39 is 0 Å². The van der Waals surface area contributed by atoms with Gasteiger partial charge in [0, 0.05) is 31.0 Å². The summed E-state index contributed by atoms with van der Waals surface area (Å²) in [6.45, 7) is 6.37. The monoisotopic (exact) mass is 262 g/mol. The molecule has 1 aromatic carbocycles. The molecule has 3 N–H and O–H groups in total. The minimum Gasteiger partial charge on any atom is -0.399 e. The zero-order chi connectivity index (χ0) is 13.9. The standard InChI is InChI=1S/C15H22N2O2/c1-11-9-12(16)3-4-13(11)14(18)17-10-15(2)5-7-19-8-6-15/h3-4,9H,5-8,10,16H2,1-2H3,(H,17,18). The first-order valence-electron chi connectivity index (χ1n) is 6.72. The predicted octanol–water partition coefficient (Wildman–Crippen LogP) is 2.12. The molecule has 1 aromatic rings. The van der Waals surface area contributed by atoms with Gasteiger partial charge in [-0.15, -0.1) is 0 Å². The highest BCUT2D eigenvalue weighted by Gasteiger charge is 2.27. The van der Waals surface area contributed by atoms with Gasteiger partial charge in [0.2, 0.25) is 0 Å². The fraction of sp³-hybridized carbons (Fsp3) is 0.533. The van der Waals surface area contributed by atoms with Crippen LogP contribution in [-0.4, -0.2) is 25.7 Å². The Morgan fingerprint density at radius 2 is 2.11 bits per heavy atom. The molecule has 104 valence electrons. The zero-order valence-electron chi connectivity index (χ0n) is 11.7. The van der Waals surface area contributed by atoms with Gasteiger partial charge in [-0.2, -0.15) is 0 Å². The molecule has 1 amide bonds. The van der Waals surface area contributed by atoms with Gasteiger partial charge in [-0.05, 0) is 48.9 Å². The molecule has 1 fully saturated rings. The van der Waals surface area contributed by atoms with Crippen LogP contribution in [0.15, 0.2) is 18.2 Å². The molecule has 4 nitrogen and oxygen atoms in total. The Bertz CT molecular complexity index is 465. The van der Waals surface area contributed by atoms with Crippen LogP contribution in [-0.2, 0) is 4.74 Å². The lowest BCUT2D eigenvalue weighted by Crippen LogP contribution is -2.39. The topological polar surface area (TPSA) is 64.4 Å². The number of aryl methyl sites for hydroxylation is 1. The van der Waals surface area contributed by atoms with Crippen LogP contribution in [0.5, 0.6) is 0 Å². The van der Waals surface area contributed by atoms with Crippen molar-refractivity contribution in [2.75, 3.05) is 25.5 Å². The summed E-state index contributed by atoms with van der Waals surface area (Å²) in [4.78, 5) is 12.2. The SMILES string of the molecule is Cc1cc(N)ccc1C(=O)NCC1(C)CCOCC1. The van der Waals surface area contributed by atoms with Gasteiger partial charge >= 0.3 is 0 Å². The highest BCUT2D eigenvalue weighted by atomic mass is 16.5. The number of anilines is 1. The number of ether oxygens (including phenoxy) is 1. The van der Waals surface area contributed by atoms with Crippen LogP contribution in [0.2, 0.25) is 0 Å². The van der Waals surface area contributed by atoms with Crippen molar-refractivity contribution in [2.24, 2.45) is 5.41 Å². The van der Waals surface area contributed by atoms with Crippen LogP contribution in [0, 0.1) is 12.3 Å². The van der Waals surface area contributed by atoms with Crippen molar-refractivity contribution in [1.82, 2.24) is 5.32 Å². The van der Waals surface area contributed by atoms with E-state index in [-0.39, 0.29) is 11.3 Å². The number of benzene rings is 1. The number of nitrogens with one attached hydrogen (secondary N) is 1. The molecule has 1 aliphatic heterocycles. The second-order valence-corrected chi connectivity index (χ2v) is 5.68. The van der Waals surface area contributed by atoms with Crippen LogP contribution >= 0.6 is 0 Å². The fourth-order valence-electron chi connectivity index (χ4n) is 2.37. The first kappa shape index (κ1) is 13.9. The molecule has 0 unspecified atom stereocenters. The Hall–Kier alpha value is -1.55. The van der Waals surface area contributed by atoms with E-state index in [9.17, 15) is 4.79 Å². The lowest BCUT2D eigenvalue weighted by atomic mass is 9.82. The van der Waals surface area contributed by atoms with E-state index in [2.05, 4.69) is 12.2 Å². The summed E-state index contributed by atoms with van der Waals surface area (Å²) >= 11 is 0. The number of hydrogen-bond donors (Lipinski definition) is 2. The summed E-state index contributed by atoms with van der Waals surface area (Å²) in [5.74, 6) is -0.0229. The third-order valence-corrected chi connectivity index (χ3v) is 3.87. The predicted molar refractivity (Wildman–Crippen MR) is 76.1 cm³/mol. The largest absolute Gasteiger partial charge is 0.399 e. The lowest BCUT2D eigenvalue weighted by Gasteiger charge is -2.33. The van der Waals surface area contributed by atoms with E-state index in [1.807, 2.05) is 13.0 Å². The fourth-order valence-corrected chi connectivity index (χ4v) is 2.37. The summed E-state index contributed by atoms with van der Waals surface area (Å²) in [6, 6.07) is 5.37. The van der Waals surface area contributed by atoms with Gasteiger partial charge in [0.25, 0.3) is 5.91 Å². The smallest absolute Gasteiger partial charge is 0.251 e. The van der Waals surface area contributed by atoms with Crippen LogP contribution < -0.4 is 11.1 Å². The molecule has 1 saturated heterocycles. The highest BCUT2D eigenvalue weighted by Crippen LogP contribution is 2.28. The third-order valence-electron chi connectivity index (χ3n) is 3.87. The summed E-state index contributed by atoms with van der Waals surface area (Å²) < 4.78 is 5.36. The number of amides is 1. The van der Waals surface area contributed by atoms with Gasteiger partial charge in [-0.1, -0.05) is 6.92 Å². The van der Waals surface area contributed by atoms with E-state index in [1.165, 1.54) is 0 Å². The van der Waals surface area contributed by atoms with Crippen LogP contribution in [0.25, 0.3) is 0 Å². The quantitative estimate of drug-likeness (QED) is 0.820. The van der Waals surface area contributed by atoms with Gasteiger partial charge in [0.1, 0.15) is 0 Å². The first-order chi connectivity index (χ1) is 9.00. The van der Waals surface area contributed by atoms with Crippen molar-refractivity contribution in [2.45, 2.75) is 26.7 Å². The number of rotatable bonds is 3. The number of carbonyl (C=O) groups is 1. The van der Waals surface area contributed by atoms with Gasteiger partial charge in [0.15, 0.2) is 0 Å². The maximum atomic E-state index is 12.2. The van der Waals surface area contributed by atoms with Gasteiger partial charge < -0.3 is 15.8 Å². The number of carbonyl (C=O) groups excluding carboxylic acids is 1. The molecular weight excluding hydrogens is 240 g/mol. The Labute approximate surface area is 114 Å². The van der Waals surface area contributed by atoms with Gasteiger partial charge in [0.05, 0.1) is 0 Å². The second-order valence-electron chi connectivity index (χ2n) is 5.68. The van der Waals surface area contributed by atoms with E-state index in [0.29, 0.717) is 17.8 Å². The summed E-state index contributed by atoms with van der Waals surface area (Å²) in [6.07, 6.45) is 1.99. The number of hydrogen-bond acceptors (Lipinski definition) is 3. The first-order valence-corrected chi connectivity index (χ1v) is 6.72. The van der Waals surface area contributed by atoms with Crippen LogP contribution in [0.3, 0.4) is 0 Å². The molecule has 1 heterocycles. The van der Waals surface area contributed by atoms with Crippen molar-refractivity contribution in [3.05, 3.63) is 29.3 Å². The molecule has 0 aliphatic carbocycles. The van der Waals surface area contributed by atoms with Crippen LogP contribution in [0.4, 0.5) is 5.69 Å². The molecular formula is C15H22N2O2. The molecule has 2 rings (SSSR count). The van der Waals surface area contributed by atoms with Crippen molar-refractivity contribution in [3.8, 4) is 0 Å². The summed E-state index contributed by atoms with van der Waals surface area (Å²) in [5, 5.41) is 3.03. The molecule has 4 heteroatoms. The van der Waals surface area contributed by atoms with Crippen molar-refractivity contribution in [1.29, 1.82) is 0 Å². The minimum absolute atomic E-state index is 0.0229. The van der Waals surface area contributed by atoms with Crippen molar-refractivity contribution in [3.63, 3.8) is 0 Å². The molecule has 0 atom stereocenters. The zero-order valence-corrected chi connectivity index (χ0v) is 11.7. The second kappa shape index (κ2) is 5.61. The average Bonchev–Trinajstić information content (AvgIpc) is 2.37. The molecule has 0 aromatic heterocycles. The van der Waals surface area contributed by atoms with Crippen molar-refractivity contribution >= 4 is 11.6 Å². The van der Waals surface area contributed by atoms with E-state index in [4.69, 9.17) is 10.5 Å². The maximum Gasteiger partial charge on any atom is 0.251 e. The minimum atomic E-state index is -0.0229. The molecule has 19 heavy (non-hydrogen) atoms. The van der Waals surface area contributed by atoms with Crippen LogP contribution in [0.1, 0.15) is 35.7 Å². The Kier molecular flexibility index (Phi) is 4.10. The average molecular weight is 262 g/mol. The molecule has 0 bridgehead atoms. The molecule has 0 radical (unpaired) electrons.